The summed E-state index contributed by atoms with van der Waals surface area (Å²) in [7, 11) is 0. The SMILES string of the molecule is O=C(/C=C/c1ccc(Cl)cc1)NCCc1ccccc1O. The van der Waals surface area contributed by atoms with Crippen molar-refractivity contribution < 1.29 is 9.90 Å². The summed E-state index contributed by atoms with van der Waals surface area (Å²) < 4.78 is 0. The number of phenols is 1. The molecule has 0 aromatic heterocycles. The zero-order valence-corrected chi connectivity index (χ0v) is 12.2. The number of nitrogens with one attached hydrogen (secondary N) is 1. The Balaban J connectivity index is 1.80. The molecule has 2 aromatic rings. The molecule has 0 unspecified atom stereocenters. The molecule has 0 atom stereocenters. The first-order valence-corrected chi connectivity index (χ1v) is 7.01. The highest BCUT2D eigenvalue weighted by Gasteiger charge is 2.00. The standard InChI is InChI=1S/C17H16ClNO2/c18-15-8-5-13(6-9-15)7-10-17(21)19-12-11-14-3-1-2-4-16(14)20/h1-10,20H,11-12H2,(H,19,21)/b10-7+. The summed E-state index contributed by atoms with van der Waals surface area (Å²) in [4.78, 5) is 11.7. The molecule has 2 rings (SSSR count). The number of para-hydroxylation sites is 1. The van der Waals surface area contributed by atoms with Crippen LogP contribution in [0.4, 0.5) is 0 Å². The molecule has 1 amide bonds. The van der Waals surface area contributed by atoms with Gasteiger partial charge in [0.05, 0.1) is 0 Å². The molecule has 21 heavy (non-hydrogen) atoms. The van der Waals surface area contributed by atoms with Crippen LogP contribution in [0.1, 0.15) is 11.1 Å². The smallest absolute Gasteiger partial charge is 0.244 e. The van der Waals surface area contributed by atoms with Crippen LogP contribution in [-0.2, 0) is 11.2 Å². The lowest BCUT2D eigenvalue weighted by Crippen LogP contribution is -2.23. The number of halogens is 1. The van der Waals surface area contributed by atoms with E-state index in [1.807, 2.05) is 24.3 Å². The van der Waals surface area contributed by atoms with E-state index in [2.05, 4.69) is 5.32 Å². The second-order valence-corrected chi connectivity index (χ2v) is 4.99. The monoisotopic (exact) mass is 301 g/mol. The molecule has 3 nitrogen and oxygen atoms in total. The number of amides is 1. The van der Waals surface area contributed by atoms with Crippen LogP contribution in [0.25, 0.3) is 6.08 Å². The zero-order valence-electron chi connectivity index (χ0n) is 11.4. The minimum absolute atomic E-state index is 0.166. The van der Waals surface area contributed by atoms with Gasteiger partial charge in [-0.15, -0.1) is 0 Å². The van der Waals surface area contributed by atoms with E-state index in [0.29, 0.717) is 18.0 Å². The molecule has 0 saturated carbocycles. The van der Waals surface area contributed by atoms with Gasteiger partial charge in [-0.05, 0) is 41.8 Å². The summed E-state index contributed by atoms with van der Waals surface area (Å²) >= 11 is 5.79. The maximum Gasteiger partial charge on any atom is 0.244 e. The average Bonchev–Trinajstić information content (AvgIpc) is 2.49. The summed E-state index contributed by atoms with van der Waals surface area (Å²) in [5.74, 6) is 0.0869. The third-order valence-corrected chi connectivity index (χ3v) is 3.23. The fourth-order valence-corrected chi connectivity index (χ4v) is 1.97. The molecule has 0 fully saturated rings. The number of rotatable bonds is 5. The number of hydrogen-bond donors (Lipinski definition) is 2. The Hall–Kier alpha value is -2.26. The average molecular weight is 302 g/mol. The molecule has 0 aliphatic carbocycles. The van der Waals surface area contributed by atoms with Crippen LogP contribution < -0.4 is 5.32 Å². The topological polar surface area (TPSA) is 49.3 Å². The molecule has 2 N–H and O–H groups in total. The Morgan fingerprint density at radius 2 is 1.86 bits per heavy atom. The van der Waals surface area contributed by atoms with Gasteiger partial charge in [-0.1, -0.05) is 41.9 Å². The van der Waals surface area contributed by atoms with E-state index in [1.165, 1.54) is 6.08 Å². The van der Waals surface area contributed by atoms with Crippen molar-refractivity contribution in [3.8, 4) is 5.75 Å². The van der Waals surface area contributed by atoms with Crippen molar-refractivity contribution in [1.82, 2.24) is 5.32 Å². The van der Waals surface area contributed by atoms with Gasteiger partial charge in [0.2, 0.25) is 5.91 Å². The molecule has 0 saturated heterocycles. The van der Waals surface area contributed by atoms with Crippen molar-refractivity contribution in [3.63, 3.8) is 0 Å². The van der Waals surface area contributed by atoms with Gasteiger partial charge < -0.3 is 10.4 Å². The van der Waals surface area contributed by atoms with Crippen molar-refractivity contribution in [3.05, 3.63) is 70.8 Å². The number of carbonyl (C=O) groups excluding carboxylic acids is 1. The Labute approximate surface area is 128 Å². The van der Waals surface area contributed by atoms with Gasteiger partial charge in [0.15, 0.2) is 0 Å². The molecule has 0 spiro atoms. The minimum atomic E-state index is -0.166. The highest BCUT2D eigenvalue weighted by atomic mass is 35.5. The van der Waals surface area contributed by atoms with Crippen LogP contribution in [0.3, 0.4) is 0 Å². The van der Waals surface area contributed by atoms with Crippen molar-refractivity contribution in [1.29, 1.82) is 0 Å². The van der Waals surface area contributed by atoms with E-state index in [4.69, 9.17) is 11.6 Å². The quantitative estimate of drug-likeness (QED) is 0.831. The summed E-state index contributed by atoms with van der Waals surface area (Å²) in [5.41, 5.74) is 1.73. The molecule has 0 aliphatic heterocycles. The van der Waals surface area contributed by atoms with Crippen LogP contribution in [-0.4, -0.2) is 17.6 Å². The molecule has 2 aromatic carbocycles. The molecule has 108 valence electrons. The van der Waals surface area contributed by atoms with Crippen LogP contribution in [0.5, 0.6) is 5.75 Å². The largest absolute Gasteiger partial charge is 0.508 e. The van der Waals surface area contributed by atoms with Crippen molar-refractivity contribution in [2.75, 3.05) is 6.54 Å². The van der Waals surface area contributed by atoms with Crippen LogP contribution >= 0.6 is 11.6 Å². The van der Waals surface area contributed by atoms with Gasteiger partial charge in [0.1, 0.15) is 5.75 Å². The number of aromatic hydroxyl groups is 1. The van der Waals surface area contributed by atoms with Gasteiger partial charge in [-0.25, -0.2) is 0 Å². The number of benzene rings is 2. The first-order chi connectivity index (χ1) is 10.1. The van der Waals surface area contributed by atoms with E-state index in [0.717, 1.165) is 11.1 Å². The second-order valence-electron chi connectivity index (χ2n) is 4.55. The predicted molar refractivity (Wildman–Crippen MR) is 85.3 cm³/mol. The lowest BCUT2D eigenvalue weighted by Gasteiger charge is -2.04. The first kappa shape index (κ1) is 15.1. The van der Waals surface area contributed by atoms with Gasteiger partial charge in [0, 0.05) is 17.6 Å². The molecule has 0 radical (unpaired) electrons. The lowest BCUT2D eigenvalue weighted by molar-refractivity contribution is -0.116. The van der Waals surface area contributed by atoms with Crippen LogP contribution in [0.15, 0.2) is 54.6 Å². The van der Waals surface area contributed by atoms with E-state index >= 15 is 0 Å². The van der Waals surface area contributed by atoms with Gasteiger partial charge in [0.25, 0.3) is 0 Å². The Morgan fingerprint density at radius 1 is 1.14 bits per heavy atom. The number of phenolic OH excluding ortho intramolecular Hbond substituents is 1. The first-order valence-electron chi connectivity index (χ1n) is 6.63. The molecule has 0 bridgehead atoms. The minimum Gasteiger partial charge on any atom is -0.508 e. The van der Waals surface area contributed by atoms with Crippen molar-refractivity contribution in [2.24, 2.45) is 0 Å². The van der Waals surface area contributed by atoms with Crippen LogP contribution in [0.2, 0.25) is 5.02 Å². The molecular weight excluding hydrogens is 286 g/mol. The van der Waals surface area contributed by atoms with E-state index < -0.39 is 0 Å². The third kappa shape index (κ3) is 4.97. The number of carbonyl (C=O) groups is 1. The Bertz CT molecular complexity index is 635. The van der Waals surface area contributed by atoms with Crippen molar-refractivity contribution >= 4 is 23.6 Å². The summed E-state index contributed by atoms with van der Waals surface area (Å²) in [5, 5.41) is 13.1. The van der Waals surface area contributed by atoms with Crippen LogP contribution in [0, 0.1) is 0 Å². The third-order valence-electron chi connectivity index (χ3n) is 2.98. The maximum absolute atomic E-state index is 11.7. The predicted octanol–water partition coefficient (Wildman–Crippen LogP) is 3.42. The Morgan fingerprint density at radius 3 is 2.57 bits per heavy atom. The summed E-state index contributed by atoms with van der Waals surface area (Å²) in [6, 6.07) is 14.3. The molecular formula is C17H16ClNO2. The van der Waals surface area contributed by atoms with E-state index in [9.17, 15) is 9.90 Å². The number of hydrogen-bond acceptors (Lipinski definition) is 2. The fourth-order valence-electron chi connectivity index (χ4n) is 1.85. The summed E-state index contributed by atoms with van der Waals surface area (Å²) in [6.07, 6.45) is 3.80. The van der Waals surface area contributed by atoms with Gasteiger partial charge >= 0.3 is 0 Å². The highest BCUT2D eigenvalue weighted by molar-refractivity contribution is 6.30. The normalized spacial score (nSPS) is 10.7. The van der Waals surface area contributed by atoms with Crippen molar-refractivity contribution in [2.45, 2.75) is 6.42 Å². The van der Waals surface area contributed by atoms with E-state index in [1.54, 1.807) is 30.3 Å². The van der Waals surface area contributed by atoms with Gasteiger partial charge in [-0.2, -0.15) is 0 Å². The maximum atomic E-state index is 11.7. The van der Waals surface area contributed by atoms with E-state index in [-0.39, 0.29) is 11.7 Å². The molecule has 0 heterocycles. The summed E-state index contributed by atoms with van der Waals surface area (Å²) in [6.45, 7) is 0.474. The molecule has 4 heteroatoms. The highest BCUT2D eigenvalue weighted by Crippen LogP contribution is 2.15. The fraction of sp³-hybridized carbons (Fsp3) is 0.118. The lowest BCUT2D eigenvalue weighted by atomic mass is 10.1. The molecule has 0 aliphatic rings. The Kier molecular flexibility index (Phi) is 5.41. The second kappa shape index (κ2) is 7.50. The van der Waals surface area contributed by atoms with Gasteiger partial charge in [-0.3, -0.25) is 4.79 Å². The zero-order chi connectivity index (χ0) is 15.1.